The Hall–Kier alpha value is -4.35. The molecule has 1 atom stereocenters. The van der Waals surface area contributed by atoms with Gasteiger partial charge in [-0.15, -0.1) is 13.2 Å². The number of likely N-dealkylation sites (tertiary alicyclic amines) is 1. The summed E-state index contributed by atoms with van der Waals surface area (Å²) in [7, 11) is 1.32. The summed E-state index contributed by atoms with van der Waals surface area (Å²) in [5, 5.41) is 10.5. The van der Waals surface area contributed by atoms with E-state index in [0.717, 1.165) is 11.6 Å². The second kappa shape index (κ2) is 9.02. The van der Waals surface area contributed by atoms with Gasteiger partial charge in [0.15, 0.2) is 0 Å². The van der Waals surface area contributed by atoms with Gasteiger partial charge in [-0.3, -0.25) is 9.59 Å². The first-order valence-corrected chi connectivity index (χ1v) is 10.9. The van der Waals surface area contributed by atoms with E-state index in [2.05, 4.69) is 20.1 Å². The Balaban J connectivity index is 1.24. The summed E-state index contributed by atoms with van der Waals surface area (Å²) in [6, 6.07) is 8.87. The number of alkyl halides is 3. The Labute approximate surface area is 202 Å². The number of hydrogen-bond donors (Lipinski definition) is 1. The zero-order valence-corrected chi connectivity index (χ0v) is 19.0. The van der Waals surface area contributed by atoms with Crippen molar-refractivity contribution in [1.29, 1.82) is 0 Å². The van der Waals surface area contributed by atoms with Crippen molar-refractivity contribution < 1.29 is 32.2 Å². The molecule has 1 saturated heterocycles. The third kappa shape index (κ3) is 4.88. The van der Waals surface area contributed by atoms with Gasteiger partial charge in [-0.25, -0.2) is 0 Å². The summed E-state index contributed by atoms with van der Waals surface area (Å²) < 4.78 is 46.7. The Morgan fingerprint density at radius 2 is 1.86 bits per heavy atom. The highest BCUT2D eigenvalue weighted by Gasteiger charge is 2.37. The van der Waals surface area contributed by atoms with Crippen LogP contribution in [0.25, 0.3) is 17.1 Å². The largest absolute Gasteiger partial charge is 0.573 e. The maximum atomic E-state index is 12.9. The lowest BCUT2D eigenvalue weighted by atomic mass is 10.1. The number of halogens is 3. The lowest BCUT2D eigenvalue weighted by Crippen LogP contribution is -2.32. The number of benzene rings is 2. The maximum absolute atomic E-state index is 12.9. The number of ether oxygens (including phenoxy) is 2. The Bertz CT molecular complexity index is 1400. The van der Waals surface area contributed by atoms with Gasteiger partial charge in [0.05, 0.1) is 7.11 Å². The van der Waals surface area contributed by atoms with Crippen molar-refractivity contribution in [2.75, 3.05) is 26.7 Å². The van der Waals surface area contributed by atoms with Crippen molar-refractivity contribution >= 4 is 28.9 Å². The van der Waals surface area contributed by atoms with E-state index >= 15 is 0 Å². The van der Waals surface area contributed by atoms with Gasteiger partial charge < -0.3 is 19.3 Å². The van der Waals surface area contributed by atoms with Crippen LogP contribution >= 0.6 is 0 Å². The third-order valence-electron chi connectivity index (χ3n) is 6.00. The molecule has 12 heteroatoms. The first kappa shape index (κ1) is 23.4. The number of aromatic amines is 1. The van der Waals surface area contributed by atoms with Gasteiger partial charge in [0.2, 0.25) is 5.91 Å². The summed E-state index contributed by atoms with van der Waals surface area (Å²) in [6.07, 6.45) is -0.363. The topological polar surface area (TPSA) is 101 Å². The zero-order chi connectivity index (χ0) is 25.4. The van der Waals surface area contributed by atoms with E-state index in [1.54, 1.807) is 34.2 Å². The molecule has 3 aromatic rings. The van der Waals surface area contributed by atoms with Gasteiger partial charge in [0, 0.05) is 49.5 Å². The molecule has 2 aliphatic heterocycles. The third-order valence-corrected chi connectivity index (χ3v) is 6.00. The molecule has 0 radical (unpaired) electrons. The number of nitrogens with zero attached hydrogens (tertiary/aromatic N) is 4. The number of aromatic nitrogens is 3. The van der Waals surface area contributed by atoms with Crippen LogP contribution < -0.4 is 9.47 Å². The number of hydrogen-bond acceptors (Lipinski definition) is 6. The zero-order valence-electron chi connectivity index (χ0n) is 19.0. The molecule has 9 nitrogen and oxygen atoms in total. The van der Waals surface area contributed by atoms with Crippen LogP contribution in [0, 0.1) is 5.92 Å². The van der Waals surface area contributed by atoms with Crippen LogP contribution in [0.2, 0.25) is 0 Å². The molecule has 36 heavy (non-hydrogen) atoms. The second-order valence-corrected chi connectivity index (χ2v) is 8.43. The van der Waals surface area contributed by atoms with Crippen molar-refractivity contribution in [3.63, 3.8) is 0 Å². The van der Waals surface area contributed by atoms with Gasteiger partial charge in [-0.2, -0.15) is 15.4 Å². The van der Waals surface area contributed by atoms with Gasteiger partial charge in [0.1, 0.15) is 22.5 Å². The van der Waals surface area contributed by atoms with Crippen LogP contribution in [-0.4, -0.2) is 70.1 Å². The van der Waals surface area contributed by atoms with Crippen LogP contribution in [0.1, 0.15) is 15.9 Å². The first-order valence-electron chi connectivity index (χ1n) is 10.9. The molecule has 0 unspecified atom stereocenters. The van der Waals surface area contributed by atoms with E-state index in [9.17, 15) is 22.8 Å². The maximum Gasteiger partial charge on any atom is 0.573 e. The quantitative estimate of drug-likeness (QED) is 0.541. The Morgan fingerprint density at radius 1 is 1.08 bits per heavy atom. The molecular formula is C24H20F3N5O4. The van der Waals surface area contributed by atoms with Crippen LogP contribution in [0.3, 0.4) is 0 Å². The van der Waals surface area contributed by atoms with Crippen LogP contribution in [0.5, 0.6) is 11.5 Å². The molecule has 0 spiro atoms. The number of H-pyrrole nitrogens is 1. The highest BCUT2D eigenvalue weighted by Crippen LogP contribution is 2.32. The minimum Gasteiger partial charge on any atom is -0.497 e. The molecule has 186 valence electrons. The molecule has 3 heterocycles. The lowest BCUT2D eigenvalue weighted by molar-refractivity contribution is -0.274. The number of methoxy groups -OCH3 is 1. The molecular weight excluding hydrogens is 479 g/mol. The predicted molar refractivity (Wildman–Crippen MR) is 122 cm³/mol. The van der Waals surface area contributed by atoms with Crippen LogP contribution in [0.15, 0.2) is 54.2 Å². The van der Waals surface area contributed by atoms with Crippen LogP contribution in [0.4, 0.5) is 13.2 Å². The summed E-state index contributed by atoms with van der Waals surface area (Å²) >= 11 is 0. The smallest absolute Gasteiger partial charge is 0.497 e. The molecule has 1 aromatic heterocycles. The minimum absolute atomic E-state index is 0.0192. The van der Waals surface area contributed by atoms with Gasteiger partial charge in [-0.1, -0.05) is 0 Å². The van der Waals surface area contributed by atoms with E-state index < -0.39 is 12.1 Å². The van der Waals surface area contributed by atoms with E-state index in [1.807, 2.05) is 0 Å². The van der Waals surface area contributed by atoms with E-state index in [-0.39, 0.29) is 23.5 Å². The number of fused-ring (bicyclic) bond motifs is 2. The van der Waals surface area contributed by atoms with Gasteiger partial charge >= 0.3 is 6.36 Å². The van der Waals surface area contributed by atoms with Crippen molar-refractivity contribution in [1.82, 2.24) is 25.2 Å². The molecule has 1 N–H and O–H groups in total. The van der Waals surface area contributed by atoms with Gasteiger partial charge in [-0.05, 0) is 47.5 Å². The fraction of sp³-hybridized carbons (Fsp3) is 0.250. The minimum atomic E-state index is -4.84. The molecule has 0 saturated carbocycles. The Morgan fingerprint density at radius 3 is 2.61 bits per heavy atom. The lowest BCUT2D eigenvalue weighted by Gasteiger charge is -2.19. The number of carbonyl (C=O) groups is 2. The fourth-order valence-corrected chi connectivity index (χ4v) is 4.33. The molecule has 0 aliphatic carbocycles. The predicted octanol–water partition coefficient (Wildman–Crippen LogP) is 3.38. The van der Waals surface area contributed by atoms with Crippen LogP contribution in [-0.2, 0) is 4.79 Å². The summed E-state index contributed by atoms with van der Waals surface area (Å²) in [4.78, 5) is 28.9. The van der Waals surface area contributed by atoms with Crippen molar-refractivity contribution in [2.24, 2.45) is 5.92 Å². The van der Waals surface area contributed by atoms with Crippen molar-refractivity contribution in [2.45, 2.75) is 6.36 Å². The molecule has 2 aliphatic rings. The summed E-state index contributed by atoms with van der Waals surface area (Å²) in [5.74, 6) is -0.708. The second-order valence-electron chi connectivity index (χ2n) is 8.43. The highest BCUT2D eigenvalue weighted by atomic mass is 19.4. The van der Waals surface area contributed by atoms with E-state index in [0.29, 0.717) is 41.8 Å². The van der Waals surface area contributed by atoms with Gasteiger partial charge in [0.25, 0.3) is 5.91 Å². The molecule has 2 amide bonds. The normalized spacial score (nSPS) is 17.6. The fourth-order valence-electron chi connectivity index (χ4n) is 4.33. The molecule has 5 rings (SSSR count). The standard InChI is InChI=1S/C24H20F3N5O4/c1-35-18-6-14(7-19(9-18)36-24(25,26)27)2-5-22(33)31-10-16-12-32(13-17(16)11-31)23(34)15-3-4-20-21(8-15)29-30-28-20/h2-9,12,17H,10-11,13H2,1H3,(H,28,29,30)/b5-2+/t17-/m1/s1. The van der Waals surface area contributed by atoms with E-state index in [4.69, 9.17) is 4.74 Å². The van der Waals surface area contributed by atoms with Crippen molar-refractivity contribution in [3.05, 3.63) is 65.4 Å². The summed E-state index contributed by atoms with van der Waals surface area (Å²) in [6.45, 7) is 1.24. The summed E-state index contributed by atoms with van der Waals surface area (Å²) in [5.41, 5.74) is 3.06. The van der Waals surface area contributed by atoms with E-state index in [1.165, 1.54) is 31.4 Å². The van der Waals surface area contributed by atoms with Crippen molar-refractivity contribution in [3.8, 4) is 11.5 Å². The molecule has 2 aromatic carbocycles. The number of rotatable bonds is 5. The average Bonchev–Trinajstić information content (AvgIpc) is 3.55. The first-order chi connectivity index (χ1) is 17.2. The number of amides is 2. The average molecular weight is 499 g/mol. The number of carbonyl (C=O) groups excluding carboxylic acids is 2. The number of nitrogens with one attached hydrogen (secondary N) is 1. The monoisotopic (exact) mass is 499 g/mol. The SMILES string of the molecule is COc1cc(/C=C/C(=O)N2CC3=CN(C(=O)c4ccc5n[nH]nc5c4)C[C@H]3C2)cc(OC(F)(F)F)c1. The Kier molecular flexibility index (Phi) is 5.86. The molecule has 0 bridgehead atoms. The molecule has 1 fully saturated rings. The highest BCUT2D eigenvalue weighted by molar-refractivity contribution is 5.98.